The van der Waals surface area contributed by atoms with Crippen LogP contribution in [0.1, 0.15) is 19.4 Å². The first-order valence-electron chi connectivity index (χ1n) is 4.76. The van der Waals surface area contributed by atoms with Crippen LogP contribution in [0.3, 0.4) is 0 Å². The second-order valence-electron chi connectivity index (χ2n) is 3.38. The molecule has 0 bridgehead atoms. The van der Waals surface area contributed by atoms with Crippen molar-refractivity contribution in [2.75, 3.05) is 0 Å². The first-order valence-corrected chi connectivity index (χ1v) is 5.64. The molecule has 0 atom stereocenters. The van der Waals surface area contributed by atoms with E-state index in [2.05, 4.69) is 13.8 Å². The Morgan fingerprint density at radius 1 is 1.40 bits per heavy atom. The maximum absolute atomic E-state index is 10.4. The van der Waals surface area contributed by atoms with E-state index in [0.29, 0.717) is 5.25 Å². The highest BCUT2D eigenvalue weighted by molar-refractivity contribution is 8.00. The minimum Gasteiger partial charge on any atom is -0.478 e. The molecule has 0 fully saturated rings. The van der Waals surface area contributed by atoms with E-state index in [1.165, 1.54) is 6.08 Å². The zero-order chi connectivity index (χ0) is 11.3. The molecule has 0 spiro atoms. The SMILES string of the molecule is CC(C)Sc1ccccc1/C=C/C(=O)O. The van der Waals surface area contributed by atoms with Crippen LogP contribution in [0.15, 0.2) is 35.2 Å². The molecule has 0 heterocycles. The highest BCUT2D eigenvalue weighted by Crippen LogP contribution is 2.27. The largest absolute Gasteiger partial charge is 0.478 e. The van der Waals surface area contributed by atoms with Gasteiger partial charge < -0.3 is 5.11 Å². The van der Waals surface area contributed by atoms with Crippen molar-refractivity contribution in [3.63, 3.8) is 0 Å². The van der Waals surface area contributed by atoms with Gasteiger partial charge in [-0.3, -0.25) is 0 Å². The number of rotatable bonds is 4. The minimum absolute atomic E-state index is 0.490. The van der Waals surface area contributed by atoms with Gasteiger partial charge in [0.15, 0.2) is 0 Å². The van der Waals surface area contributed by atoms with E-state index in [4.69, 9.17) is 5.11 Å². The number of aliphatic carboxylic acids is 1. The predicted molar refractivity (Wildman–Crippen MR) is 64.1 cm³/mol. The second-order valence-corrected chi connectivity index (χ2v) is 4.99. The molecule has 0 saturated carbocycles. The first-order chi connectivity index (χ1) is 7.09. The van der Waals surface area contributed by atoms with Crippen molar-refractivity contribution in [2.24, 2.45) is 0 Å². The summed E-state index contributed by atoms with van der Waals surface area (Å²) >= 11 is 1.73. The molecule has 1 N–H and O–H groups in total. The summed E-state index contributed by atoms with van der Waals surface area (Å²) in [5.41, 5.74) is 0.957. The topological polar surface area (TPSA) is 37.3 Å². The maximum atomic E-state index is 10.4. The minimum atomic E-state index is -0.917. The van der Waals surface area contributed by atoms with Crippen molar-refractivity contribution in [3.05, 3.63) is 35.9 Å². The maximum Gasteiger partial charge on any atom is 0.328 e. The van der Waals surface area contributed by atoms with Gasteiger partial charge >= 0.3 is 5.97 Å². The molecule has 0 amide bonds. The van der Waals surface area contributed by atoms with E-state index >= 15 is 0 Å². The molecule has 0 radical (unpaired) electrons. The third kappa shape index (κ3) is 4.21. The molecule has 3 heteroatoms. The van der Waals surface area contributed by atoms with Crippen molar-refractivity contribution in [3.8, 4) is 0 Å². The average Bonchev–Trinajstić information content (AvgIpc) is 2.15. The van der Waals surface area contributed by atoms with Crippen LogP contribution >= 0.6 is 11.8 Å². The van der Waals surface area contributed by atoms with E-state index < -0.39 is 5.97 Å². The highest BCUT2D eigenvalue weighted by atomic mass is 32.2. The van der Waals surface area contributed by atoms with Crippen LogP contribution in [0.2, 0.25) is 0 Å². The van der Waals surface area contributed by atoms with E-state index in [-0.39, 0.29) is 0 Å². The summed E-state index contributed by atoms with van der Waals surface area (Å²) in [6, 6.07) is 7.80. The Morgan fingerprint density at radius 2 is 2.07 bits per heavy atom. The summed E-state index contributed by atoms with van der Waals surface area (Å²) < 4.78 is 0. The molecule has 1 aromatic carbocycles. The Bertz CT molecular complexity index is 370. The van der Waals surface area contributed by atoms with Gasteiger partial charge in [-0.15, -0.1) is 11.8 Å². The first kappa shape index (κ1) is 11.9. The molecular weight excluding hydrogens is 208 g/mol. The van der Waals surface area contributed by atoms with Crippen molar-refractivity contribution in [1.29, 1.82) is 0 Å². The van der Waals surface area contributed by atoms with Gasteiger partial charge in [-0.2, -0.15) is 0 Å². The van der Waals surface area contributed by atoms with Gasteiger partial charge in [0.25, 0.3) is 0 Å². The fourth-order valence-electron chi connectivity index (χ4n) is 1.14. The molecule has 0 aliphatic rings. The van der Waals surface area contributed by atoms with Crippen LogP contribution in [-0.4, -0.2) is 16.3 Å². The monoisotopic (exact) mass is 222 g/mol. The van der Waals surface area contributed by atoms with Gasteiger partial charge in [-0.25, -0.2) is 4.79 Å². The Labute approximate surface area is 94.0 Å². The van der Waals surface area contributed by atoms with Crippen LogP contribution in [0.25, 0.3) is 6.08 Å². The molecule has 80 valence electrons. The van der Waals surface area contributed by atoms with E-state index in [9.17, 15) is 4.79 Å². The lowest BCUT2D eigenvalue weighted by Gasteiger charge is -2.07. The number of carboxylic acid groups (broad SMARTS) is 1. The summed E-state index contributed by atoms with van der Waals surface area (Å²) in [7, 11) is 0. The molecular formula is C12H14O2S. The average molecular weight is 222 g/mol. The number of carbonyl (C=O) groups is 1. The van der Waals surface area contributed by atoms with Crippen LogP contribution in [0.5, 0.6) is 0 Å². The summed E-state index contributed by atoms with van der Waals surface area (Å²) in [6.07, 6.45) is 2.80. The van der Waals surface area contributed by atoms with Gasteiger partial charge in [0, 0.05) is 16.2 Å². The zero-order valence-electron chi connectivity index (χ0n) is 8.81. The third-order valence-corrected chi connectivity index (χ3v) is 2.78. The van der Waals surface area contributed by atoms with E-state index in [1.807, 2.05) is 24.3 Å². The normalized spacial score (nSPS) is 11.1. The number of benzene rings is 1. The molecule has 1 aromatic rings. The van der Waals surface area contributed by atoms with Gasteiger partial charge in [-0.05, 0) is 17.7 Å². The van der Waals surface area contributed by atoms with Gasteiger partial charge in [-0.1, -0.05) is 32.0 Å². The van der Waals surface area contributed by atoms with Crippen LogP contribution in [0, 0.1) is 0 Å². The molecule has 0 aliphatic carbocycles. The summed E-state index contributed by atoms with van der Waals surface area (Å²) in [4.78, 5) is 11.5. The predicted octanol–water partition coefficient (Wildman–Crippen LogP) is 3.28. The molecule has 15 heavy (non-hydrogen) atoms. The number of hydrogen-bond acceptors (Lipinski definition) is 2. The lowest BCUT2D eigenvalue weighted by molar-refractivity contribution is -0.131. The number of carboxylic acids is 1. The van der Waals surface area contributed by atoms with Gasteiger partial charge in [0.05, 0.1) is 0 Å². The quantitative estimate of drug-likeness (QED) is 0.627. The molecule has 0 aromatic heterocycles. The van der Waals surface area contributed by atoms with Crippen LogP contribution < -0.4 is 0 Å². The van der Waals surface area contributed by atoms with E-state index in [1.54, 1.807) is 17.8 Å². The second kappa shape index (κ2) is 5.61. The summed E-state index contributed by atoms with van der Waals surface area (Å²) in [5, 5.41) is 9.04. The molecule has 0 aliphatic heterocycles. The van der Waals surface area contributed by atoms with Crippen molar-refractivity contribution in [2.45, 2.75) is 24.0 Å². The number of hydrogen-bond donors (Lipinski definition) is 1. The standard InChI is InChI=1S/C12H14O2S/c1-9(2)15-11-6-4-3-5-10(11)7-8-12(13)14/h3-9H,1-2H3,(H,13,14)/b8-7+. The van der Waals surface area contributed by atoms with Crippen molar-refractivity contribution in [1.82, 2.24) is 0 Å². The summed E-state index contributed by atoms with van der Waals surface area (Å²) in [5.74, 6) is -0.917. The van der Waals surface area contributed by atoms with Gasteiger partial charge in [0.2, 0.25) is 0 Å². The molecule has 1 rings (SSSR count). The van der Waals surface area contributed by atoms with Crippen LogP contribution in [-0.2, 0) is 4.79 Å². The molecule has 0 unspecified atom stereocenters. The van der Waals surface area contributed by atoms with Crippen molar-refractivity contribution < 1.29 is 9.90 Å². The molecule has 0 saturated heterocycles. The Morgan fingerprint density at radius 3 is 2.67 bits per heavy atom. The number of thioether (sulfide) groups is 1. The fraction of sp³-hybridized carbons (Fsp3) is 0.250. The van der Waals surface area contributed by atoms with E-state index in [0.717, 1.165) is 10.5 Å². The zero-order valence-corrected chi connectivity index (χ0v) is 9.62. The molecule has 2 nitrogen and oxygen atoms in total. The lowest BCUT2D eigenvalue weighted by atomic mass is 10.2. The lowest BCUT2D eigenvalue weighted by Crippen LogP contribution is -1.90. The smallest absolute Gasteiger partial charge is 0.328 e. The third-order valence-electron chi connectivity index (χ3n) is 1.69. The van der Waals surface area contributed by atoms with Crippen molar-refractivity contribution >= 4 is 23.8 Å². The Kier molecular flexibility index (Phi) is 4.43. The van der Waals surface area contributed by atoms with Gasteiger partial charge in [0.1, 0.15) is 0 Å². The van der Waals surface area contributed by atoms with Crippen LogP contribution in [0.4, 0.5) is 0 Å². The Balaban J connectivity index is 2.91. The summed E-state index contributed by atoms with van der Waals surface area (Å²) in [6.45, 7) is 4.23. The fourth-order valence-corrected chi connectivity index (χ4v) is 2.08. The Hall–Kier alpha value is -1.22. The highest BCUT2D eigenvalue weighted by Gasteiger charge is 2.02.